The van der Waals surface area contributed by atoms with Crippen molar-refractivity contribution in [2.75, 3.05) is 25.1 Å². The van der Waals surface area contributed by atoms with Gasteiger partial charge in [-0.1, -0.05) is 12.1 Å². The summed E-state index contributed by atoms with van der Waals surface area (Å²) in [6, 6.07) is 5.95. The van der Waals surface area contributed by atoms with Crippen LogP contribution in [0.5, 0.6) is 0 Å². The zero-order valence-corrected chi connectivity index (χ0v) is 11.1. The van der Waals surface area contributed by atoms with E-state index in [1.807, 2.05) is 12.1 Å². The third kappa shape index (κ3) is 2.48. The summed E-state index contributed by atoms with van der Waals surface area (Å²) >= 11 is 0. The van der Waals surface area contributed by atoms with Gasteiger partial charge in [-0.15, -0.1) is 0 Å². The quantitative estimate of drug-likeness (QED) is 0.633. The summed E-state index contributed by atoms with van der Waals surface area (Å²) in [5, 5.41) is 7.69. The van der Waals surface area contributed by atoms with E-state index >= 15 is 0 Å². The summed E-state index contributed by atoms with van der Waals surface area (Å²) in [5.41, 5.74) is 8.80. The molecule has 0 bridgehead atoms. The maximum Gasteiger partial charge on any atom is 0.124 e. The third-order valence-corrected chi connectivity index (χ3v) is 3.62. The van der Waals surface area contributed by atoms with Gasteiger partial charge in [-0.3, -0.25) is 5.41 Å². The van der Waals surface area contributed by atoms with E-state index in [9.17, 15) is 0 Å². The molecule has 0 radical (unpaired) electrons. The molecule has 0 amide bonds. The van der Waals surface area contributed by atoms with E-state index in [1.54, 1.807) is 7.11 Å². The van der Waals surface area contributed by atoms with Crippen molar-refractivity contribution in [3.8, 4) is 0 Å². The maximum atomic E-state index is 7.69. The Morgan fingerprint density at radius 1 is 1.39 bits per heavy atom. The topological polar surface area (TPSA) is 62.3 Å². The number of amidine groups is 1. The number of anilines is 1. The lowest BCUT2D eigenvalue weighted by atomic mass is 10.0. The summed E-state index contributed by atoms with van der Waals surface area (Å²) in [6.45, 7) is 4.00. The lowest BCUT2D eigenvalue weighted by molar-refractivity contribution is 0.0819. The number of hydrogen-bond acceptors (Lipinski definition) is 3. The number of nitrogen functional groups attached to an aromatic ring is 1. The first-order valence-corrected chi connectivity index (χ1v) is 6.35. The van der Waals surface area contributed by atoms with Crippen molar-refractivity contribution >= 4 is 11.5 Å². The molecule has 0 saturated carbocycles. The fourth-order valence-electron chi connectivity index (χ4n) is 2.61. The number of aryl methyl sites for hydroxylation is 1. The number of nitrogens with two attached hydrogens (primary N) is 1. The molecule has 0 unspecified atom stereocenters. The number of ether oxygens (including phenoxy) is 1. The first-order valence-electron chi connectivity index (χ1n) is 6.35. The van der Waals surface area contributed by atoms with Crippen molar-refractivity contribution in [2.45, 2.75) is 25.9 Å². The van der Waals surface area contributed by atoms with Crippen molar-refractivity contribution < 1.29 is 4.74 Å². The fraction of sp³-hybridized carbons (Fsp3) is 0.500. The first-order chi connectivity index (χ1) is 8.63. The number of methoxy groups -OCH3 is 1. The van der Waals surface area contributed by atoms with E-state index in [-0.39, 0.29) is 5.84 Å². The lowest BCUT2D eigenvalue weighted by Gasteiger charge is -2.35. The van der Waals surface area contributed by atoms with Crippen molar-refractivity contribution in [3.63, 3.8) is 0 Å². The van der Waals surface area contributed by atoms with Gasteiger partial charge in [0.2, 0.25) is 0 Å². The molecule has 0 spiro atoms. The Balaban J connectivity index is 2.26. The molecule has 0 aromatic heterocycles. The van der Waals surface area contributed by atoms with Crippen LogP contribution in [0.1, 0.15) is 24.0 Å². The fourth-order valence-corrected chi connectivity index (χ4v) is 2.61. The number of hydrogen-bond donors (Lipinski definition) is 2. The van der Waals surface area contributed by atoms with Gasteiger partial charge in [-0.05, 0) is 31.4 Å². The van der Waals surface area contributed by atoms with Gasteiger partial charge < -0.3 is 15.4 Å². The number of nitrogens with zero attached hydrogens (tertiary/aromatic N) is 1. The summed E-state index contributed by atoms with van der Waals surface area (Å²) in [7, 11) is 1.77. The largest absolute Gasteiger partial charge is 0.384 e. The van der Waals surface area contributed by atoms with Gasteiger partial charge in [0, 0.05) is 25.8 Å². The van der Waals surface area contributed by atoms with Crippen LogP contribution in [-0.2, 0) is 4.74 Å². The standard InChI is InChI=1S/C14H21N3O/c1-10-4-3-5-12(14(15)16)13(10)17-8-6-11(18-2)7-9-17/h3-5,11H,6-9H2,1-2H3,(H3,15,16). The van der Waals surface area contributed by atoms with Crippen molar-refractivity contribution in [3.05, 3.63) is 29.3 Å². The zero-order chi connectivity index (χ0) is 13.1. The van der Waals surface area contributed by atoms with E-state index in [0.29, 0.717) is 6.10 Å². The highest BCUT2D eigenvalue weighted by molar-refractivity contribution is 6.01. The van der Waals surface area contributed by atoms with Crippen LogP contribution in [0.4, 0.5) is 5.69 Å². The van der Waals surface area contributed by atoms with Crippen LogP contribution in [0.25, 0.3) is 0 Å². The second-order valence-electron chi connectivity index (χ2n) is 4.81. The molecule has 98 valence electrons. The normalized spacial score (nSPS) is 16.9. The smallest absolute Gasteiger partial charge is 0.124 e. The van der Waals surface area contributed by atoms with Crippen LogP contribution in [0.3, 0.4) is 0 Å². The van der Waals surface area contributed by atoms with Crippen LogP contribution in [0.2, 0.25) is 0 Å². The van der Waals surface area contributed by atoms with E-state index in [0.717, 1.165) is 37.2 Å². The predicted octanol–water partition coefficient (Wildman–Crippen LogP) is 1.89. The average molecular weight is 247 g/mol. The molecule has 1 heterocycles. The zero-order valence-electron chi connectivity index (χ0n) is 11.1. The molecule has 1 aliphatic rings. The lowest BCUT2D eigenvalue weighted by Crippen LogP contribution is -2.38. The number of benzene rings is 1. The number of rotatable bonds is 3. The van der Waals surface area contributed by atoms with E-state index < -0.39 is 0 Å². The van der Waals surface area contributed by atoms with E-state index in [2.05, 4.69) is 17.9 Å². The maximum absolute atomic E-state index is 7.69. The van der Waals surface area contributed by atoms with Gasteiger partial charge in [-0.25, -0.2) is 0 Å². The molecule has 4 nitrogen and oxygen atoms in total. The Hall–Kier alpha value is -1.55. The van der Waals surface area contributed by atoms with E-state index in [4.69, 9.17) is 15.9 Å². The Labute approximate surface area is 108 Å². The molecule has 0 aliphatic carbocycles. The molecule has 1 aliphatic heterocycles. The SMILES string of the molecule is COC1CCN(c2c(C)cccc2C(=N)N)CC1. The molecule has 2 rings (SSSR count). The minimum atomic E-state index is 0.141. The molecule has 4 heteroatoms. The minimum absolute atomic E-state index is 0.141. The molecule has 0 atom stereocenters. The van der Waals surface area contributed by atoms with Gasteiger partial charge in [0.1, 0.15) is 5.84 Å². The van der Waals surface area contributed by atoms with Gasteiger partial charge in [0.05, 0.1) is 11.8 Å². The molecule has 18 heavy (non-hydrogen) atoms. The Kier molecular flexibility index (Phi) is 3.87. The Morgan fingerprint density at radius 2 is 2.06 bits per heavy atom. The molecule has 3 N–H and O–H groups in total. The van der Waals surface area contributed by atoms with Gasteiger partial charge >= 0.3 is 0 Å². The minimum Gasteiger partial charge on any atom is -0.384 e. The van der Waals surface area contributed by atoms with Crippen LogP contribution >= 0.6 is 0 Å². The number of nitrogens with one attached hydrogen (secondary N) is 1. The monoisotopic (exact) mass is 247 g/mol. The van der Waals surface area contributed by atoms with E-state index in [1.165, 1.54) is 5.56 Å². The summed E-state index contributed by atoms with van der Waals surface area (Å²) < 4.78 is 5.39. The van der Waals surface area contributed by atoms with Crippen LogP contribution in [0, 0.1) is 12.3 Å². The third-order valence-electron chi connectivity index (χ3n) is 3.62. The van der Waals surface area contributed by atoms with Crippen LogP contribution < -0.4 is 10.6 Å². The first kappa shape index (κ1) is 12.9. The summed E-state index contributed by atoms with van der Waals surface area (Å²) in [5.74, 6) is 0.141. The number of para-hydroxylation sites is 1. The van der Waals surface area contributed by atoms with Crippen molar-refractivity contribution in [1.29, 1.82) is 5.41 Å². The van der Waals surface area contributed by atoms with Gasteiger partial charge in [0.15, 0.2) is 0 Å². The molecular weight excluding hydrogens is 226 g/mol. The molecular formula is C14H21N3O. The van der Waals surface area contributed by atoms with Crippen LogP contribution in [-0.4, -0.2) is 32.1 Å². The molecule has 1 aromatic carbocycles. The highest BCUT2D eigenvalue weighted by atomic mass is 16.5. The molecule has 1 saturated heterocycles. The second kappa shape index (κ2) is 5.40. The molecule has 1 fully saturated rings. The predicted molar refractivity (Wildman–Crippen MR) is 74.4 cm³/mol. The average Bonchev–Trinajstić information content (AvgIpc) is 2.38. The van der Waals surface area contributed by atoms with Crippen molar-refractivity contribution in [1.82, 2.24) is 0 Å². The van der Waals surface area contributed by atoms with Crippen molar-refractivity contribution in [2.24, 2.45) is 5.73 Å². The Bertz CT molecular complexity index is 437. The highest BCUT2D eigenvalue weighted by Crippen LogP contribution is 2.28. The number of piperidine rings is 1. The van der Waals surface area contributed by atoms with Gasteiger partial charge in [0.25, 0.3) is 0 Å². The molecule has 1 aromatic rings. The highest BCUT2D eigenvalue weighted by Gasteiger charge is 2.22. The summed E-state index contributed by atoms with van der Waals surface area (Å²) in [4.78, 5) is 2.32. The summed E-state index contributed by atoms with van der Waals surface area (Å²) in [6.07, 6.45) is 2.43. The van der Waals surface area contributed by atoms with Gasteiger partial charge in [-0.2, -0.15) is 0 Å². The Morgan fingerprint density at radius 3 is 2.61 bits per heavy atom. The van der Waals surface area contributed by atoms with Crippen LogP contribution in [0.15, 0.2) is 18.2 Å². The second-order valence-corrected chi connectivity index (χ2v) is 4.81.